The molecule has 2 heterocycles. The van der Waals surface area contributed by atoms with E-state index < -0.39 is 5.82 Å². The minimum Gasteiger partial charge on any atom is -0.420 e. The van der Waals surface area contributed by atoms with Crippen molar-refractivity contribution in [1.82, 2.24) is 15.1 Å². The lowest BCUT2D eigenvalue weighted by Crippen LogP contribution is -2.39. The van der Waals surface area contributed by atoms with Gasteiger partial charge >= 0.3 is 0 Å². The summed E-state index contributed by atoms with van der Waals surface area (Å²) < 4.78 is 19.2. The van der Waals surface area contributed by atoms with Crippen LogP contribution in [0.3, 0.4) is 0 Å². The normalized spacial score (nSPS) is 17.1. The zero-order valence-electron chi connectivity index (χ0n) is 14.4. The van der Waals surface area contributed by atoms with Crippen LogP contribution in [0.4, 0.5) is 4.39 Å². The van der Waals surface area contributed by atoms with Gasteiger partial charge in [-0.25, -0.2) is 4.39 Å². The number of carbonyl (C=O) groups is 1. The summed E-state index contributed by atoms with van der Waals surface area (Å²) in [4.78, 5) is 14.5. The molecule has 1 aliphatic heterocycles. The topological polar surface area (TPSA) is 59.2 Å². The molecular formula is C20H17ClFN3O2. The second-order valence-electron chi connectivity index (χ2n) is 6.53. The van der Waals surface area contributed by atoms with Crippen molar-refractivity contribution < 1.29 is 13.6 Å². The average molecular weight is 386 g/mol. The summed E-state index contributed by atoms with van der Waals surface area (Å²) in [5.41, 5.74) is 1.23. The Morgan fingerprint density at radius 3 is 2.78 bits per heavy atom. The van der Waals surface area contributed by atoms with Gasteiger partial charge in [0.2, 0.25) is 11.8 Å². The van der Waals surface area contributed by atoms with Crippen LogP contribution in [-0.2, 0) is 0 Å². The molecule has 1 unspecified atom stereocenters. The van der Waals surface area contributed by atoms with E-state index in [-0.39, 0.29) is 16.8 Å². The maximum absolute atomic E-state index is 13.3. The Labute approximate surface area is 160 Å². The van der Waals surface area contributed by atoms with Gasteiger partial charge in [0, 0.05) is 24.2 Å². The van der Waals surface area contributed by atoms with E-state index in [1.807, 2.05) is 30.3 Å². The summed E-state index contributed by atoms with van der Waals surface area (Å²) in [5.74, 6) is 0.264. The number of likely N-dealkylation sites (tertiary alicyclic amines) is 1. The van der Waals surface area contributed by atoms with Crippen LogP contribution in [0.1, 0.15) is 35.0 Å². The zero-order valence-corrected chi connectivity index (χ0v) is 15.2. The summed E-state index contributed by atoms with van der Waals surface area (Å²) in [5, 5.41) is 8.26. The highest BCUT2D eigenvalue weighted by atomic mass is 35.5. The highest BCUT2D eigenvalue weighted by molar-refractivity contribution is 6.31. The third kappa shape index (κ3) is 3.71. The van der Waals surface area contributed by atoms with Crippen LogP contribution in [0.15, 0.2) is 52.9 Å². The summed E-state index contributed by atoms with van der Waals surface area (Å²) in [6, 6.07) is 13.6. The number of carbonyl (C=O) groups excluding carboxylic acids is 1. The van der Waals surface area contributed by atoms with E-state index >= 15 is 0 Å². The van der Waals surface area contributed by atoms with Gasteiger partial charge in [0.15, 0.2) is 0 Å². The highest BCUT2D eigenvalue weighted by Crippen LogP contribution is 2.29. The Bertz CT molecular complexity index is 961. The predicted octanol–water partition coefficient (Wildman–Crippen LogP) is 4.55. The van der Waals surface area contributed by atoms with Gasteiger partial charge in [-0.1, -0.05) is 29.8 Å². The van der Waals surface area contributed by atoms with Crippen LogP contribution in [0.2, 0.25) is 5.02 Å². The molecule has 1 atom stereocenters. The number of benzene rings is 2. The van der Waals surface area contributed by atoms with Crippen molar-refractivity contribution in [2.75, 3.05) is 13.1 Å². The number of aromatic nitrogens is 2. The van der Waals surface area contributed by atoms with Gasteiger partial charge in [-0.3, -0.25) is 4.79 Å². The van der Waals surface area contributed by atoms with Crippen molar-refractivity contribution in [3.63, 3.8) is 0 Å². The number of nitrogens with zero attached hydrogens (tertiary/aromatic N) is 3. The molecule has 4 rings (SSSR count). The minimum absolute atomic E-state index is 0.0245. The van der Waals surface area contributed by atoms with Crippen LogP contribution in [0.25, 0.3) is 11.5 Å². The lowest BCUT2D eigenvalue weighted by Gasteiger charge is -2.31. The second kappa shape index (κ2) is 7.48. The highest BCUT2D eigenvalue weighted by Gasteiger charge is 2.29. The van der Waals surface area contributed by atoms with Gasteiger partial charge in [-0.15, -0.1) is 10.2 Å². The molecule has 1 aromatic heterocycles. The van der Waals surface area contributed by atoms with Crippen LogP contribution in [0.5, 0.6) is 0 Å². The van der Waals surface area contributed by atoms with Crippen LogP contribution in [0, 0.1) is 5.82 Å². The maximum Gasteiger partial charge on any atom is 0.253 e. The molecule has 7 heteroatoms. The molecule has 5 nitrogen and oxygen atoms in total. The Morgan fingerprint density at radius 2 is 2.00 bits per heavy atom. The van der Waals surface area contributed by atoms with Crippen molar-refractivity contribution in [3.8, 4) is 11.5 Å². The van der Waals surface area contributed by atoms with E-state index in [0.29, 0.717) is 30.4 Å². The Morgan fingerprint density at radius 1 is 1.19 bits per heavy atom. The first-order valence-corrected chi connectivity index (χ1v) is 9.13. The van der Waals surface area contributed by atoms with Gasteiger partial charge in [-0.05, 0) is 43.2 Å². The first-order valence-electron chi connectivity index (χ1n) is 8.75. The fourth-order valence-electron chi connectivity index (χ4n) is 3.27. The zero-order chi connectivity index (χ0) is 18.8. The average Bonchev–Trinajstić information content (AvgIpc) is 3.21. The Hall–Kier alpha value is -2.73. The first kappa shape index (κ1) is 17.7. The third-order valence-corrected chi connectivity index (χ3v) is 4.98. The van der Waals surface area contributed by atoms with Crippen molar-refractivity contribution in [3.05, 3.63) is 70.8 Å². The molecule has 1 aliphatic rings. The fraction of sp³-hybridized carbons (Fsp3) is 0.250. The standard InChI is InChI=1S/C20H17ClFN3O2/c21-16-11-14(8-9-17(16)22)20(26)25-10-4-7-15(12-25)19-24-23-18(27-19)13-5-2-1-3-6-13/h1-3,5-6,8-9,11,15H,4,7,10,12H2. The molecule has 0 radical (unpaired) electrons. The summed E-state index contributed by atoms with van der Waals surface area (Å²) in [6.07, 6.45) is 1.69. The molecule has 0 aliphatic carbocycles. The summed E-state index contributed by atoms with van der Waals surface area (Å²) in [6.45, 7) is 1.11. The number of amides is 1. The van der Waals surface area contributed by atoms with Gasteiger partial charge in [0.05, 0.1) is 10.9 Å². The predicted molar refractivity (Wildman–Crippen MR) is 99.0 cm³/mol. The van der Waals surface area contributed by atoms with Gasteiger partial charge < -0.3 is 9.32 Å². The lowest BCUT2D eigenvalue weighted by molar-refractivity contribution is 0.0698. The monoisotopic (exact) mass is 385 g/mol. The molecule has 1 fully saturated rings. The molecule has 0 saturated carbocycles. The smallest absolute Gasteiger partial charge is 0.253 e. The number of piperidine rings is 1. The molecule has 1 saturated heterocycles. The molecule has 1 amide bonds. The number of rotatable bonds is 3. The summed E-state index contributed by atoms with van der Waals surface area (Å²) in [7, 11) is 0. The molecular weight excluding hydrogens is 369 g/mol. The molecule has 0 bridgehead atoms. The van der Waals surface area contributed by atoms with Gasteiger partial charge in [-0.2, -0.15) is 0 Å². The van der Waals surface area contributed by atoms with Crippen molar-refractivity contribution in [1.29, 1.82) is 0 Å². The minimum atomic E-state index is -0.538. The maximum atomic E-state index is 13.3. The van der Waals surface area contributed by atoms with E-state index in [9.17, 15) is 9.18 Å². The largest absolute Gasteiger partial charge is 0.420 e. The molecule has 27 heavy (non-hydrogen) atoms. The van der Waals surface area contributed by atoms with Crippen molar-refractivity contribution in [2.45, 2.75) is 18.8 Å². The molecule has 2 aromatic carbocycles. The van der Waals surface area contributed by atoms with Crippen molar-refractivity contribution in [2.24, 2.45) is 0 Å². The molecule has 138 valence electrons. The van der Waals surface area contributed by atoms with Crippen LogP contribution < -0.4 is 0 Å². The van der Waals surface area contributed by atoms with E-state index in [4.69, 9.17) is 16.0 Å². The lowest BCUT2D eigenvalue weighted by atomic mass is 9.97. The van der Waals surface area contributed by atoms with Crippen LogP contribution >= 0.6 is 11.6 Å². The van der Waals surface area contributed by atoms with E-state index in [0.717, 1.165) is 18.4 Å². The molecule has 3 aromatic rings. The SMILES string of the molecule is O=C(c1ccc(F)c(Cl)c1)N1CCCC(c2nnc(-c3ccccc3)o2)C1. The number of hydrogen-bond donors (Lipinski definition) is 0. The molecule has 0 spiro atoms. The van der Waals surface area contributed by atoms with Crippen LogP contribution in [-0.4, -0.2) is 34.1 Å². The Kier molecular flexibility index (Phi) is 4.90. The van der Waals surface area contributed by atoms with E-state index in [2.05, 4.69) is 10.2 Å². The van der Waals surface area contributed by atoms with Gasteiger partial charge in [0.25, 0.3) is 5.91 Å². The summed E-state index contributed by atoms with van der Waals surface area (Å²) >= 11 is 5.80. The van der Waals surface area contributed by atoms with E-state index in [1.54, 1.807) is 4.90 Å². The number of hydrogen-bond acceptors (Lipinski definition) is 4. The molecule has 0 N–H and O–H groups in total. The third-order valence-electron chi connectivity index (χ3n) is 4.69. The second-order valence-corrected chi connectivity index (χ2v) is 6.94. The van der Waals surface area contributed by atoms with Crippen molar-refractivity contribution >= 4 is 17.5 Å². The van der Waals surface area contributed by atoms with E-state index in [1.165, 1.54) is 18.2 Å². The fourth-order valence-corrected chi connectivity index (χ4v) is 3.45. The Balaban J connectivity index is 1.50. The quantitative estimate of drug-likeness (QED) is 0.663. The first-order chi connectivity index (χ1) is 13.1. The number of halogens is 2. The van der Waals surface area contributed by atoms with Gasteiger partial charge in [0.1, 0.15) is 5.82 Å².